The Morgan fingerprint density at radius 1 is 1.08 bits per heavy atom. The van der Waals surface area contributed by atoms with Crippen LogP contribution < -0.4 is 4.90 Å². The van der Waals surface area contributed by atoms with Crippen molar-refractivity contribution in [1.29, 1.82) is 0 Å². The van der Waals surface area contributed by atoms with Crippen LogP contribution >= 0.6 is 0 Å². The highest BCUT2D eigenvalue weighted by molar-refractivity contribution is 5.42. The first-order chi connectivity index (χ1) is 11.9. The predicted octanol–water partition coefficient (Wildman–Crippen LogP) is 2.03. The SMILES string of the molecule is Cc1nonc1CN1CC2CN(c3cc(C(C)(C)C)ncn3)CC2C1. The molecule has 0 radical (unpaired) electrons. The Hall–Kier alpha value is -2.02. The molecule has 4 heterocycles. The maximum absolute atomic E-state index is 4.81. The van der Waals surface area contributed by atoms with Crippen molar-refractivity contribution in [3.05, 3.63) is 29.5 Å². The van der Waals surface area contributed by atoms with E-state index in [9.17, 15) is 0 Å². The number of rotatable bonds is 3. The Morgan fingerprint density at radius 2 is 1.80 bits per heavy atom. The number of fused-ring (bicyclic) bond motifs is 1. The first-order valence-electron chi connectivity index (χ1n) is 8.98. The zero-order valence-corrected chi connectivity index (χ0v) is 15.4. The average molecular weight is 342 g/mol. The van der Waals surface area contributed by atoms with Gasteiger partial charge < -0.3 is 4.90 Å². The summed E-state index contributed by atoms with van der Waals surface area (Å²) in [4.78, 5) is 13.9. The zero-order valence-electron chi connectivity index (χ0n) is 15.4. The van der Waals surface area contributed by atoms with Crippen LogP contribution in [0.25, 0.3) is 0 Å². The lowest BCUT2D eigenvalue weighted by atomic mass is 9.92. The minimum atomic E-state index is 0.0492. The van der Waals surface area contributed by atoms with Gasteiger partial charge in [-0.2, -0.15) is 0 Å². The normalized spacial score (nSPS) is 24.1. The lowest BCUT2D eigenvalue weighted by Crippen LogP contribution is -2.29. The van der Waals surface area contributed by atoms with Gasteiger partial charge in [0.05, 0.1) is 5.69 Å². The topological polar surface area (TPSA) is 71.2 Å². The minimum Gasteiger partial charge on any atom is -0.356 e. The Balaban J connectivity index is 1.40. The monoisotopic (exact) mass is 342 g/mol. The van der Waals surface area contributed by atoms with E-state index in [1.165, 1.54) is 0 Å². The molecule has 2 aromatic rings. The van der Waals surface area contributed by atoms with Crippen LogP contribution in [0.2, 0.25) is 0 Å². The molecule has 25 heavy (non-hydrogen) atoms. The number of likely N-dealkylation sites (tertiary alicyclic amines) is 1. The standard InChI is InChI=1S/C18H26N6O/c1-12-15(22-25-21-12)10-23-6-13-8-24(9-14(13)7-23)17-5-16(18(2,3)4)19-11-20-17/h5,11,13-14H,6-10H2,1-4H3. The third-order valence-corrected chi connectivity index (χ3v) is 5.43. The maximum atomic E-state index is 4.81. The summed E-state index contributed by atoms with van der Waals surface area (Å²) in [6, 6.07) is 2.16. The molecule has 0 bridgehead atoms. The second-order valence-corrected chi connectivity index (χ2v) is 8.43. The van der Waals surface area contributed by atoms with Crippen LogP contribution in [0.4, 0.5) is 5.82 Å². The number of hydrogen-bond acceptors (Lipinski definition) is 7. The molecular formula is C18H26N6O. The molecule has 2 aliphatic rings. The molecule has 2 aromatic heterocycles. The summed E-state index contributed by atoms with van der Waals surface area (Å²) in [5, 5.41) is 7.89. The van der Waals surface area contributed by atoms with Gasteiger partial charge in [0, 0.05) is 44.2 Å². The molecule has 0 spiro atoms. The molecular weight excluding hydrogens is 316 g/mol. The Bertz CT molecular complexity index is 738. The molecule has 0 aromatic carbocycles. The second kappa shape index (κ2) is 6.05. The highest BCUT2D eigenvalue weighted by atomic mass is 16.6. The van der Waals surface area contributed by atoms with E-state index in [1.807, 2.05) is 6.92 Å². The van der Waals surface area contributed by atoms with Crippen molar-refractivity contribution in [2.75, 3.05) is 31.1 Å². The van der Waals surface area contributed by atoms with Gasteiger partial charge in [-0.15, -0.1) is 0 Å². The summed E-state index contributed by atoms with van der Waals surface area (Å²) in [5.41, 5.74) is 3.01. The van der Waals surface area contributed by atoms with Crippen LogP contribution in [-0.4, -0.2) is 51.4 Å². The van der Waals surface area contributed by atoms with E-state index in [1.54, 1.807) is 6.33 Å². The molecule has 2 saturated heterocycles. The minimum absolute atomic E-state index is 0.0492. The van der Waals surface area contributed by atoms with Gasteiger partial charge in [-0.3, -0.25) is 4.90 Å². The summed E-state index contributed by atoms with van der Waals surface area (Å²) < 4.78 is 4.81. The van der Waals surface area contributed by atoms with E-state index in [2.05, 4.69) is 56.9 Å². The van der Waals surface area contributed by atoms with E-state index in [0.717, 1.165) is 55.6 Å². The number of hydrogen-bond donors (Lipinski definition) is 0. The summed E-state index contributed by atoms with van der Waals surface area (Å²) in [6.45, 7) is 13.7. The largest absolute Gasteiger partial charge is 0.356 e. The molecule has 0 aliphatic carbocycles. The van der Waals surface area contributed by atoms with Gasteiger partial charge in [-0.25, -0.2) is 14.6 Å². The molecule has 0 N–H and O–H groups in total. The summed E-state index contributed by atoms with van der Waals surface area (Å²) >= 11 is 0. The molecule has 7 heteroatoms. The molecule has 2 atom stereocenters. The smallest absolute Gasteiger partial charge is 0.132 e. The molecule has 0 amide bonds. The fourth-order valence-corrected chi connectivity index (χ4v) is 3.94. The summed E-state index contributed by atoms with van der Waals surface area (Å²) in [7, 11) is 0. The molecule has 2 unspecified atom stereocenters. The highest BCUT2D eigenvalue weighted by Crippen LogP contribution is 2.34. The van der Waals surface area contributed by atoms with Gasteiger partial charge in [-0.05, 0) is 18.8 Å². The zero-order chi connectivity index (χ0) is 17.6. The van der Waals surface area contributed by atoms with E-state index < -0.39 is 0 Å². The van der Waals surface area contributed by atoms with Crippen molar-refractivity contribution in [1.82, 2.24) is 25.2 Å². The molecule has 7 nitrogen and oxygen atoms in total. The Morgan fingerprint density at radius 3 is 2.40 bits per heavy atom. The molecule has 4 rings (SSSR count). The van der Waals surface area contributed by atoms with Crippen molar-refractivity contribution in [2.45, 2.75) is 39.7 Å². The van der Waals surface area contributed by atoms with Crippen molar-refractivity contribution in [3.63, 3.8) is 0 Å². The van der Waals surface area contributed by atoms with E-state index in [-0.39, 0.29) is 5.41 Å². The Kier molecular flexibility index (Phi) is 3.98. The van der Waals surface area contributed by atoms with Crippen LogP contribution in [0.3, 0.4) is 0 Å². The fourth-order valence-electron chi connectivity index (χ4n) is 3.94. The van der Waals surface area contributed by atoms with Gasteiger partial charge in [0.1, 0.15) is 23.5 Å². The van der Waals surface area contributed by atoms with Crippen LogP contribution in [0.1, 0.15) is 37.9 Å². The first-order valence-corrected chi connectivity index (χ1v) is 8.98. The average Bonchev–Trinajstić information content (AvgIpc) is 3.22. The predicted molar refractivity (Wildman–Crippen MR) is 94.2 cm³/mol. The molecule has 2 aliphatic heterocycles. The molecule has 0 saturated carbocycles. The van der Waals surface area contributed by atoms with Gasteiger partial charge >= 0.3 is 0 Å². The van der Waals surface area contributed by atoms with Crippen LogP contribution in [0.5, 0.6) is 0 Å². The van der Waals surface area contributed by atoms with Crippen molar-refractivity contribution in [3.8, 4) is 0 Å². The molecule has 134 valence electrons. The van der Waals surface area contributed by atoms with Crippen LogP contribution in [-0.2, 0) is 12.0 Å². The van der Waals surface area contributed by atoms with Crippen LogP contribution in [0, 0.1) is 18.8 Å². The maximum Gasteiger partial charge on any atom is 0.132 e. The third-order valence-electron chi connectivity index (χ3n) is 5.43. The number of aryl methyl sites for hydroxylation is 1. The van der Waals surface area contributed by atoms with E-state index >= 15 is 0 Å². The van der Waals surface area contributed by atoms with Gasteiger partial charge in [0.15, 0.2) is 0 Å². The van der Waals surface area contributed by atoms with Crippen LogP contribution in [0.15, 0.2) is 17.0 Å². The van der Waals surface area contributed by atoms with E-state index in [4.69, 9.17) is 4.63 Å². The van der Waals surface area contributed by atoms with Gasteiger partial charge in [0.25, 0.3) is 0 Å². The highest BCUT2D eigenvalue weighted by Gasteiger charge is 2.40. The second-order valence-electron chi connectivity index (χ2n) is 8.43. The Labute approximate surface area is 148 Å². The van der Waals surface area contributed by atoms with Crippen molar-refractivity contribution >= 4 is 5.82 Å². The first kappa shape index (κ1) is 16.4. The van der Waals surface area contributed by atoms with Gasteiger partial charge in [0.2, 0.25) is 0 Å². The van der Waals surface area contributed by atoms with Crippen molar-refractivity contribution < 1.29 is 4.63 Å². The lowest BCUT2D eigenvalue weighted by Gasteiger charge is -2.24. The quantitative estimate of drug-likeness (QED) is 0.845. The number of anilines is 1. The van der Waals surface area contributed by atoms with Gasteiger partial charge in [-0.1, -0.05) is 31.1 Å². The lowest BCUT2D eigenvalue weighted by molar-refractivity contribution is 0.275. The number of nitrogens with zero attached hydrogens (tertiary/aromatic N) is 6. The molecule has 2 fully saturated rings. The van der Waals surface area contributed by atoms with Crippen molar-refractivity contribution in [2.24, 2.45) is 11.8 Å². The summed E-state index contributed by atoms with van der Waals surface area (Å²) in [6.07, 6.45) is 1.71. The van der Waals surface area contributed by atoms with E-state index in [0.29, 0.717) is 11.8 Å². The number of aromatic nitrogens is 4. The fraction of sp³-hybridized carbons (Fsp3) is 0.667. The summed E-state index contributed by atoms with van der Waals surface area (Å²) in [5.74, 6) is 2.44. The third kappa shape index (κ3) is 3.25.